The number of hydrogen-bond donors (Lipinski definition) is 0. The summed E-state index contributed by atoms with van der Waals surface area (Å²) in [6.07, 6.45) is 2.59. The third kappa shape index (κ3) is 4.61. The lowest BCUT2D eigenvalue weighted by Gasteiger charge is -2.22. The van der Waals surface area contributed by atoms with Crippen molar-refractivity contribution < 1.29 is 9.72 Å². The molecule has 0 bridgehead atoms. The molecule has 0 fully saturated rings. The molecule has 0 aliphatic carbocycles. The Morgan fingerprint density at radius 3 is 2.50 bits per heavy atom. The van der Waals surface area contributed by atoms with E-state index in [1.54, 1.807) is 41.3 Å². The molecule has 0 saturated carbocycles. The Labute approximate surface area is 156 Å². The predicted molar refractivity (Wildman–Crippen MR) is 101 cm³/mol. The lowest BCUT2D eigenvalue weighted by molar-refractivity contribution is -0.385. The van der Waals surface area contributed by atoms with Crippen molar-refractivity contribution >= 4 is 23.4 Å². The van der Waals surface area contributed by atoms with Crippen LogP contribution in [0, 0.1) is 21.4 Å². The molecule has 26 heavy (non-hydrogen) atoms. The summed E-state index contributed by atoms with van der Waals surface area (Å²) in [5.41, 5.74) is 1.33. The Morgan fingerprint density at radius 1 is 1.27 bits per heavy atom. The van der Waals surface area contributed by atoms with Gasteiger partial charge in [-0.05, 0) is 42.5 Å². The number of amides is 1. The molecule has 0 aromatic heterocycles. The maximum absolute atomic E-state index is 13.0. The highest BCUT2D eigenvalue weighted by atomic mass is 32.2. The number of nitrogens with zero attached hydrogens (tertiary/aromatic N) is 3. The summed E-state index contributed by atoms with van der Waals surface area (Å²) in [5, 5.41) is 20.2. The van der Waals surface area contributed by atoms with Gasteiger partial charge in [0.05, 0.1) is 16.6 Å². The summed E-state index contributed by atoms with van der Waals surface area (Å²) in [4.78, 5) is 26.2. The molecule has 1 amide bonds. The molecule has 2 aromatic carbocycles. The Kier molecular flexibility index (Phi) is 6.75. The maximum Gasteiger partial charge on any atom is 0.282 e. The van der Waals surface area contributed by atoms with Gasteiger partial charge in [0.2, 0.25) is 0 Å². The van der Waals surface area contributed by atoms with Crippen LogP contribution in [0.15, 0.2) is 47.4 Å². The largest absolute Gasteiger partial charge is 0.334 e. The summed E-state index contributed by atoms with van der Waals surface area (Å²) in [7, 11) is 0. The third-order valence-electron chi connectivity index (χ3n) is 3.87. The molecule has 0 N–H and O–H groups in total. The van der Waals surface area contributed by atoms with E-state index in [1.165, 1.54) is 17.8 Å². The van der Waals surface area contributed by atoms with Crippen molar-refractivity contribution in [1.29, 1.82) is 5.26 Å². The summed E-state index contributed by atoms with van der Waals surface area (Å²) >= 11 is 1.43. The minimum Gasteiger partial charge on any atom is -0.334 e. The van der Waals surface area contributed by atoms with Gasteiger partial charge in [0.1, 0.15) is 5.56 Å². The lowest BCUT2D eigenvalue weighted by atomic mass is 10.1. The number of carbonyl (C=O) groups is 1. The van der Waals surface area contributed by atoms with Crippen LogP contribution in [0.5, 0.6) is 0 Å². The summed E-state index contributed by atoms with van der Waals surface area (Å²) in [6.45, 7) is 2.77. The average Bonchev–Trinajstić information content (AvgIpc) is 2.67. The molecule has 0 saturated heterocycles. The van der Waals surface area contributed by atoms with E-state index in [0.29, 0.717) is 18.7 Å². The molecule has 6 nitrogen and oxygen atoms in total. The lowest BCUT2D eigenvalue weighted by Crippen LogP contribution is -2.31. The van der Waals surface area contributed by atoms with E-state index in [-0.39, 0.29) is 17.2 Å². The van der Waals surface area contributed by atoms with Gasteiger partial charge in [-0.15, -0.1) is 11.8 Å². The zero-order chi connectivity index (χ0) is 19.1. The van der Waals surface area contributed by atoms with E-state index < -0.39 is 4.92 Å². The first-order valence-corrected chi connectivity index (χ1v) is 9.33. The van der Waals surface area contributed by atoms with E-state index in [4.69, 9.17) is 5.26 Å². The van der Waals surface area contributed by atoms with Crippen LogP contribution in [0.4, 0.5) is 5.69 Å². The Balaban J connectivity index is 2.35. The van der Waals surface area contributed by atoms with Crippen molar-refractivity contribution in [1.82, 2.24) is 4.90 Å². The molecule has 0 aliphatic rings. The first-order valence-electron chi connectivity index (χ1n) is 8.10. The molecular formula is C19H19N3O3S. The second kappa shape index (κ2) is 9.02. The number of nitro groups is 1. The molecule has 2 rings (SSSR count). The Bertz CT molecular complexity index is 844. The summed E-state index contributed by atoms with van der Waals surface area (Å²) in [6, 6.07) is 13.6. The molecule has 0 aliphatic heterocycles. The van der Waals surface area contributed by atoms with Crippen molar-refractivity contribution in [2.45, 2.75) is 24.8 Å². The molecule has 0 spiro atoms. The van der Waals surface area contributed by atoms with Crippen LogP contribution in [0.1, 0.15) is 34.8 Å². The Morgan fingerprint density at radius 2 is 1.96 bits per heavy atom. The van der Waals surface area contributed by atoms with Gasteiger partial charge in [0.15, 0.2) is 0 Å². The number of carbonyl (C=O) groups excluding carboxylic acids is 1. The van der Waals surface area contributed by atoms with E-state index >= 15 is 0 Å². The van der Waals surface area contributed by atoms with Gasteiger partial charge in [-0.25, -0.2) is 0 Å². The van der Waals surface area contributed by atoms with E-state index in [1.807, 2.05) is 13.2 Å². The molecular weight excluding hydrogens is 350 g/mol. The number of benzene rings is 2. The molecule has 0 heterocycles. The smallest absolute Gasteiger partial charge is 0.282 e. The monoisotopic (exact) mass is 369 g/mol. The van der Waals surface area contributed by atoms with Gasteiger partial charge in [-0.2, -0.15) is 5.26 Å². The van der Waals surface area contributed by atoms with Crippen LogP contribution < -0.4 is 0 Å². The molecule has 134 valence electrons. The number of nitriles is 1. The molecule has 0 unspecified atom stereocenters. The van der Waals surface area contributed by atoms with Gasteiger partial charge in [0, 0.05) is 24.1 Å². The number of nitro benzene ring substituents is 1. The zero-order valence-electron chi connectivity index (χ0n) is 14.6. The standard InChI is InChI=1S/C19H19N3O3S/c1-3-10-21(13-15-6-4-14(12-20)5-7-15)19(23)17-11-16(26-2)8-9-18(17)22(24)25/h4-9,11H,3,10,13H2,1-2H3. The highest BCUT2D eigenvalue weighted by Crippen LogP contribution is 2.26. The fourth-order valence-corrected chi connectivity index (χ4v) is 3.01. The minimum absolute atomic E-state index is 0.101. The third-order valence-corrected chi connectivity index (χ3v) is 4.59. The fraction of sp³-hybridized carbons (Fsp3) is 0.263. The van der Waals surface area contributed by atoms with Crippen LogP contribution in [0.3, 0.4) is 0 Å². The van der Waals surface area contributed by atoms with Crippen molar-refractivity contribution in [3.8, 4) is 6.07 Å². The van der Waals surface area contributed by atoms with E-state index in [9.17, 15) is 14.9 Å². The molecule has 7 heteroatoms. The molecule has 0 radical (unpaired) electrons. The first-order chi connectivity index (χ1) is 12.5. The van der Waals surface area contributed by atoms with Gasteiger partial charge in [-0.3, -0.25) is 14.9 Å². The minimum atomic E-state index is -0.525. The maximum atomic E-state index is 13.0. The highest BCUT2D eigenvalue weighted by Gasteiger charge is 2.25. The first kappa shape index (κ1) is 19.5. The number of rotatable bonds is 7. The summed E-state index contributed by atoms with van der Waals surface area (Å²) in [5.74, 6) is -0.362. The Hall–Kier alpha value is -2.85. The van der Waals surface area contributed by atoms with Crippen LogP contribution >= 0.6 is 11.8 Å². The van der Waals surface area contributed by atoms with Crippen LogP contribution in [-0.4, -0.2) is 28.5 Å². The highest BCUT2D eigenvalue weighted by molar-refractivity contribution is 7.98. The van der Waals surface area contributed by atoms with E-state index in [2.05, 4.69) is 6.07 Å². The van der Waals surface area contributed by atoms with Gasteiger partial charge in [0.25, 0.3) is 11.6 Å². The van der Waals surface area contributed by atoms with Crippen molar-refractivity contribution in [2.24, 2.45) is 0 Å². The zero-order valence-corrected chi connectivity index (χ0v) is 15.5. The molecule has 2 aromatic rings. The van der Waals surface area contributed by atoms with Crippen molar-refractivity contribution in [3.05, 3.63) is 69.3 Å². The van der Waals surface area contributed by atoms with Crippen LogP contribution in [-0.2, 0) is 6.54 Å². The topological polar surface area (TPSA) is 87.2 Å². The number of hydrogen-bond acceptors (Lipinski definition) is 5. The second-order valence-corrected chi connectivity index (χ2v) is 6.56. The van der Waals surface area contributed by atoms with E-state index in [0.717, 1.165) is 16.9 Å². The quantitative estimate of drug-likeness (QED) is 0.414. The SMILES string of the molecule is CCCN(Cc1ccc(C#N)cc1)C(=O)c1cc(SC)ccc1[N+](=O)[O-]. The second-order valence-electron chi connectivity index (χ2n) is 5.68. The van der Waals surface area contributed by atoms with Crippen LogP contribution in [0.25, 0.3) is 0 Å². The molecule has 0 atom stereocenters. The van der Waals surface area contributed by atoms with Crippen molar-refractivity contribution in [2.75, 3.05) is 12.8 Å². The normalized spacial score (nSPS) is 10.2. The van der Waals surface area contributed by atoms with Gasteiger partial charge >= 0.3 is 0 Å². The fourth-order valence-electron chi connectivity index (χ4n) is 2.57. The van der Waals surface area contributed by atoms with Crippen LogP contribution in [0.2, 0.25) is 0 Å². The van der Waals surface area contributed by atoms with Gasteiger partial charge < -0.3 is 4.90 Å². The predicted octanol–water partition coefficient (Wildman–Crippen LogP) is 4.24. The summed E-state index contributed by atoms with van der Waals surface area (Å²) < 4.78 is 0. The average molecular weight is 369 g/mol. The van der Waals surface area contributed by atoms with Gasteiger partial charge in [-0.1, -0.05) is 19.1 Å². The van der Waals surface area contributed by atoms with Crippen molar-refractivity contribution in [3.63, 3.8) is 0 Å². The number of thioether (sulfide) groups is 1.